The van der Waals surface area contributed by atoms with E-state index >= 15 is 0 Å². The van der Waals surface area contributed by atoms with Crippen LogP contribution in [0.25, 0.3) is 6.08 Å². The zero-order chi connectivity index (χ0) is 24.6. The van der Waals surface area contributed by atoms with E-state index in [4.69, 9.17) is 12.2 Å². The number of hydrogen-bond donors (Lipinski definition) is 0. The predicted octanol–water partition coefficient (Wildman–Crippen LogP) is 2.82. The van der Waals surface area contributed by atoms with Gasteiger partial charge in [0.25, 0.3) is 11.5 Å². The van der Waals surface area contributed by atoms with Crippen molar-refractivity contribution in [1.29, 1.82) is 5.26 Å². The highest BCUT2D eigenvalue weighted by Gasteiger charge is 2.42. The van der Waals surface area contributed by atoms with Crippen LogP contribution in [0.5, 0.6) is 0 Å². The lowest BCUT2D eigenvalue weighted by molar-refractivity contribution is -0.123. The molecule has 0 spiro atoms. The molecule has 3 aliphatic heterocycles. The Morgan fingerprint density at radius 3 is 2.44 bits per heavy atom. The van der Waals surface area contributed by atoms with Gasteiger partial charge in [-0.2, -0.15) is 5.26 Å². The van der Waals surface area contributed by atoms with Gasteiger partial charge in [-0.25, -0.2) is 8.42 Å². The molecule has 0 bridgehead atoms. The van der Waals surface area contributed by atoms with E-state index < -0.39 is 15.9 Å². The lowest BCUT2D eigenvalue weighted by atomic mass is 10.0. The number of nitrogens with zero attached hydrogens (tertiary/aromatic N) is 4. The topological polar surface area (TPSA) is 103 Å². The molecule has 8 nitrogen and oxygen atoms in total. The van der Waals surface area contributed by atoms with Crippen LogP contribution in [-0.2, 0) is 21.2 Å². The molecule has 3 fully saturated rings. The smallest absolute Gasteiger partial charge is 0.270 e. The molecule has 1 amide bonds. The van der Waals surface area contributed by atoms with Crippen LogP contribution in [-0.4, -0.2) is 58.7 Å². The summed E-state index contributed by atoms with van der Waals surface area (Å²) in [6.07, 6.45) is 6.38. The minimum atomic E-state index is -3.17. The Kier molecular flexibility index (Phi) is 7.22. The van der Waals surface area contributed by atoms with Gasteiger partial charge in [-0.05, 0) is 44.7 Å². The number of pyridine rings is 1. The third-order valence-electron chi connectivity index (χ3n) is 6.74. The van der Waals surface area contributed by atoms with Gasteiger partial charge in [0.2, 0.25) is 0 Å². The summed E-state index contributed by atoms with van der Waals surface area (Å²) in [6, 6.07) is 1.60. The summed E-state index contributed by atoms with van der Waals surface area (Å²) in [5.74, 6) is 0.397. The van der Waals surface area contributed by atoms with E-state index in [1.807, 2.05) is 6.92 Å². The normalized spacial score (nSPS) is 24.0. The molecule has 4 heterocycles. The number of thioether (sulfide) groups is 1. The van der Waals surface area contributed by atoms with Gasteiger partial charge in [0.1, 0.15) is 21.8 Å². The lowest BCUT2D eigenvalue weighted by Crippen LogP contribution is -2.39. The first-order valence-corrected chi connectivity index (χ1v) is 14.6. The maximum absolute atomic E-state index is 13.4. The Morgan fingerprint density at radius 2 is 1.88 bits per heavy atom. The van der Waals surface area contributed by atoms with Crippen LogP contribution in [0.15, 0.2) is 9.70 Å². The van der Waals surface area contributed by atoms with Gasteiger partial charge >= 0.3 is 0 Å². The Labute approximate surface area is 209 Å². The Balaban J connectivity index is 1.83. The number of anilines is 1. The van der Waals surface area contributed by atoms with Crippen LogP contribution < -0.4 is 10.5 Å². The van der Waals surface area contributed by atoms with Gasteiger partial charge in [0, 0.05) is 25.2 Å². The second-order valence-corrected chi connectivity index (χ2v) is 12.8. The number of aromatic nitrogens is 1. The van der Waals surface area contributed by atoms with Crippen LogP contribution in [0.3, 0.4) is 0 Å². The molecular weight excluding hydrogens is 492 g/mol. The Morgan fingerprint density at radius 1 is 1.21 bits per heavy atom. The van der Waals surface area contributed by atoms with Crippen LogP contribution in [0.1, 0.15) is 55.7 Å². The van der Waals surface area contributed by atoms with Crippen molar-refractivity contribution in [2.75, 3.05) is 29.5 Å². The van der Waals surface area contributed by atoms with Crippen molar-refractivity contribution >= 4 is 55.9 Å². The van der Waals surface area contributed by atoms with Gasteiger partial charge < -0.3 is 4.90 Å². The maximum Gasteiger partial charge on any atom is 0.270 e. The number of nitriles is 1. The van der Waals surface area contributed by atoms with Crippen molar-refractivity contribution in [2.24, 2.45) is 0 Å². The minimum Gasteiger partial charge on any atom is -0.357 e. The molecule has 11 heteroatoms. The first kappa shape index (κ1) is 24.9. The standard InChI is InChI=1S/C23H28N4O4S3/c1-3-26-20(25-9-6-4-5-7-10-25)17(15(2)18(13-24)21(26)28)12-19-22(29)27(23(32)33-19)16-8-11-34(30,31)14-16/h12,16H,3-11,14H2,1-2H3. The zero-order valence-electron chi connectivity index (χ0n) is 19.4. The van der Waals surface area contributed by atoms with Crippen molar-refractivity contribution in [1.82, 2.24) is 9.47 Å². The summed E-state index contributed by atoms with van der Waals surface area (Å²) in [6.45, 7) is 5.63. The molecule has 1 unspecified atom stereocenters. The fourth-order valence-corrected chi connectivity index (χ4v) is 8.05. The number of rotatable bonds is 4. The minimum absolute atomic E-state index is 0.0545. The predicted molar refractivity (Wildman–Crippen MR) is 139 cm³/mol. The molecule has 0 radical (unpaired) electrons. The number of hydrogen-bond acceptors (Lipinski definition) is 8. The van der Waals surface area contributed by atoms with E-state index in [0.717, 1.165) is 56.4 Å². The fraction of sp³-hybridized carbons (Fsp3) is 0.565. The van der Waals surface area contributed by atoms with E-state index in [1.165, 1.54) is 4.90 Å². The lowest BCUT2D eigenvalue weighted by Gasteiger charge is -2.29. The molecule has 1 atom stereocenters. The molecule has 0 aliphatic carbocycles. The van der Waals surface area contributed by atoms with Crippen LogP contribution >= 0.6 is 24.0 Å². The average Bonchev–Trinajstić information content (AvgIpc) is 3.13. The van der Waals surface area contributed by atoms with Gasteiger partial charge in [-0.3, -0.25) is 19.1 Å². The van der Waals surface area contributed by atoms with Crippen molar-refractivity contribution in [3.63, 3.8) is 0 Å². The summed E-state index contributed by atoms with van der Waals surface area (Å²) < 4.78 is 25.9. The van der Waals surface area contributed by atoms with Crippen LogP contribution in [0.2, 0.25) is 0 Å². The molecular formula is C23H28N4O4S3. The third-order valence-corrected chi connectivity index (χ3v) is 9.82. The number of thiocarbonyl (C=S) groups is 1. The zero-order valence-corrected chi connectivity index (χ0v) is 21.8. The third kappa shape index (κ3) is 4.55. The molecule has 0 aromatic carbocycles. The van der Waals surface area contributed by atoms with Crippen molar-refractivity contribution in [2.45, 2.75) is 58.5 Å². The van der Waals surface area contributed by atoms with Crippen molar-refractivity contribution < 1.29 is 13.2 Å². The van der Waals surface area contributed by atoms with Gasteiger partial charge in [-0.1, -0.05) is 36.8 Å². The number of sulfone groups is 1. The molecule has 3 aliphatic rings. The summed E-state index contributed by atoms with van der Waals surface area (Å²) >= 11 is 6.61. The van der Waals surface area contributed by atoms with Gasteiger partial charge in [0.05, 0.1) is 22.5 Å². The van der Waals surface area contributed by atoms with Crippen molar-refractivity contribution in [3.05, 3.63) is 31.9 Å². The Bertz CT molecular complexity index is 1270. The molecule has 1 aromatic rings. The van der Waals surface area contributed by atoms with E-state index in [-0.39, 0.29) is 28.5 Å². The quantitative estimate of drug-likeness (QED) is 0.441. The second kappa shape index (κ2) is 9.84. The van der Waals surface area contributed by atoms with Gasteiger partial charge in [-0.15, -0.1) is 0 Å². The second-order valence-electron chi connectivity index (χ2n) is 8.91. The molecule has 182 valence electrons. The fourth-order valence-electron chi connectivity index (χ4n) is 4.97. The van der Waals surface area contributed by atoms with E-state index in [1.54, 1.807) is 17.6 Å². The van der Waals surface area contributed by atoms with E-state index in [0.29, 0.717) is 33.3 Å². The summed E-state index contributed by atoms with van der Waals surface area (Å²) in [5.41, 5.74) is 0.983. The number of amides is 1. The summed E-state index contributed by atoms with van der Waals surface area (Å²) in [5, 5.41) is 9.72. The number of carbonyl (C=O) groups excluding carboxylic acids is 1. The monoisotopic (exact) mass is 520 g/mol. The highest BCUT2D eigenvalue weighted by atomic mass is 32.2. The SMILES string of the molecule is CCn1c(N2CCCCCC2)c(C=C2SC(=S)N(C3CCS(=O)(=O)C3)C2=O)c(C)c(C#N)c1=O. The summed E-state index contributed by atoms with van der Waals surface area (Å²) in [4.78, 5) is 30.5. The maximum atomic E-state index is 13.4. The largest absolute Gasteiger partial charge is 0.357 e. The highest BCUT2D eigenvalue weighted by molar-refractivity contribution is 8.26. The van der Waals surface area contributed by atoms with Gasteiger partial charge in [0.15, 0.2) is 9.84 Å². The van der Waals surface area contributed by atoms with Crippen LogP contribution in [0, 0.1) is 18.3 Å². The molecule has 4 rings (SSSR count). The highest BCUT2D eigenvalue weighted by Crippen LogP contribution is 2.38. The molecule has 1 aromatic heterocycles. The van der Waals surface area contributed by atoms with E-state index in [2.05, 4.69) is 11.0 Å². The van der Waals surface area contributed by atoms with Crippen molar-refractivity contribution in [3.8, 4) is 6.07 Å². The first-order chi connectivity index (χ1) is 16.2. The molecule has 34 heavy (non-hydrogen) atoms. The Hall–Kier alpha value is -2.16. The molecule has 0 N–H and O–H groups in total. The van der Waals surface area contributed by atoms with E-state index in [9.17, 15) is 23.3 Å². The average molecular weight is 521 g/mol. The molecule has 0 saturated carbocycles. The molecule has 3 saturated heterocycles. The summed E-state index contributed by atoms with van der Waals surface area (Å²) in [7, 11) is -3.17. The first-order valence-electron chi connectivity index (χ1n) is 11.6. The van der Waals surface area contributed by atoms with Crippen LogP contribution in [0.4, 0.5) is 5.82 Å². The number of carbonyl (C=O) groups is 1.